The SMILES string of the molecule is CC(I)N1CC2CC(C2)C1=O. The molecule has 1 atom stereocenters. The molecular weight excluding hydrogens is 253 g/mol. The third kappa shape index (κ3) is 1.17. The molecule has 0 radical (unpaired) electrons. The molecule has 3 rings (SSSR count). The van der Waals surface area contributed by atoms with E-state index in [0.717, 1.165) is 12.5 Å². The standard InChI is InChI=1S/C8H12INO/c1-5(9)10-4-6-2-7(3-6)8(10)11/h5-7H,2-4H2,1H3. The summed E-state index contributed by atoms with van der Waals surface area (Å²) >= 11 is 2.31. The maximum absolute atomic E-state index is 11.5. The van der Waals surface area contributed by atoms with E-state index in [4.69, 9.17) is 0 Å². The highest BCUT2D eigenvalue weighted by molar-refractivity contribution is 14.1. The molecule has 3 aliphatic rings. The van der Waals surface area contributed by atoms with Gasteiger partial charge in [-0.15, -0.1) is 0 Å². The molecule has 0 aromatic carbocycles. The predicted molar refractivity (Wildman–Crippen MR) is 51.4 cm³/mol. The maximum atomic E-state index is 11.5. The number of carbonyl (C=O) groups is 1. The first-order chi connectivity index (χ1) is 5.18. The van der Waals surface area contributed by atoms with E-state index in [9.17, 15) is 4.79 Å². The summed E-state index contributed by atoms with van der Waals surface area (Å²) in [7, 11) is 0. The van der Waals surface area contributed by atoms with Gasteiger partial charge in [0.15, 0.2) is 0 Å². The van der Waals surface area contributed by atoms with Gasteiger partial charge in [-0.3, -0.25) is 4.79 Å². The fourth-order valence-electron chi connectivity index (χ4n) is 2.01. The quantitative estimate of drug-likeness (QED) is 0.401. The van der Waals surface area contributed by atoms with Crippen LogP contribution in [0.5, 0.6) is 0 Å². The highest BCUT2D eigenvalue weighted by Crippen LogP contribution is 2.41. The second-order valence-corrected chi connectivity index (χ2v) is 5.40. The molecule has 2 nitrogen and oxygen atoms in total. The van der Waals surface area contributed by atoms with Gasteiger partial charge >= 0.3 is 0 Å². The van der Waals surface area contributed by atoms with Crippen LogP contribution in [0, 0.1) is 11.8 Å². The molecule has 1 aliphatic carbocycles. The van der Waals surface area contributed by atoms with Crippen LogP contribution in [0.25, 0.3) is 0 Å². The van der Waals surface area contributed by atoms with Crippen LogP contribution in [0.1, 0.15) is 19.8 Å². The number of carbonyl (C=O) groups excluding carboxylic acids is 1. The predicted octanol–water partition coefficient (Wildman–Crippen LogP) is 1.64. The van der Waals surface area contributed by atoms with Crippen molar-refractivity contribution in [2.75, 3.05) is 6.54 Å². The Morgan fingerprint density at radius 3 is 2.64 bits per heavy atom. The molecule has 3 fully saturated rings. The lowest BCUT2D eigenvalue weighted by molar-refractivity contribution is -0.149. The molecule has 62 valence electrons. The van der Waals surface area contributed by atoms with Crippen molar-refractivity contribution in [2.45, 2.75) is 23.8 Å². The van der Waals surface area contributed by atoms with Gasteiger partial charge in [0.2, 0.25) is 5.91 Å². The molecule has 0 aromatic rings. The lowest BCUT2D eigenvalue weighted by Gasteiger charge is -2.47. The van der Waals surface area contributed by atoms with Crippen LogP contribution in [0.3, 0.4) is 0 Å². The van der Waals surface area contributed by atoms with Crippen molar-refractivity contribution >= 4 is 28.5 Å². The van der Waals surface area contributed by atoms with Crippen LogP contribution in [0.4, 0.5) is 0 Å². The summed E-state index contributed by atoms with van der Waals surface area (Å²) in [5.74, 6) is 1.62. The highest BCUT2D eigenvalue weighted by Gasteiger charge is 2.44. The molecule has 2 saturated heterocycles. The van der Waals surface area contributed by atoms with Gasteiger partial charge < -0.3 is 4.90 Å². The van der Waals surface area contributed by atoms with Crippen LogP contribution < -0.4 is 0 Å². The molecule has 2 heterocycles. The summed E-state index contributed by atoms with van der Waals surface area (Å²) in [5.41, 5.74) is 0. The fraction of sp³-hybridized carbons (Fsp3) is 0.875. The Hall–Kier alpha value is 0.200. The molecule has 0 N–H and O–H groups in total. The van der Waals surface area contributed by atoms with Crippen LogP contribution in [0.2, 0.25) is 0 Å². The van der Waals surface area contributed by atoms with Crippen LogP contribution >= 0.6 is 22.6 Å². The van der Waals surface area contributed by atoms with Gasteiger partial charge in [0.05, 0.1) is 4.05 Å². The topological polar surface area (TPSA) is 20.3 Å². The number of halogens is 1. The van der Waals surface area contributed by atoms with Crippen molar-refractivity contribution in [3.8, 4) is 0 Å². The molecule has 0 spiro atoms. The summed E-state index contributed by atoms with van der Waals surface area (Å²) in [5, 5.41) is 0. The van der Waals surface area contributed by atoms with Gasteiger partial charge in [-0.05, 0) is 25.7 Å². The number of alkyl halides is 1. The van der Waals surface area contributed by atoms with E-state index in [1.165, 1.54) is 12.8 Å². The Morgan fingerprint density at radius 2 is 2.27 bits per heavy atom. The summed E-state index contributed by atoms with van der Waals surface area (Å²) in [6.45, 7) is 3.10. The molecule has 1 amide bonds. The normalized spacial score (nSPS) is 38.4. The van der Waals surface area contributed by atoms with Gasteiger partial charge in [0.25, 0.3) is 0 Å². The maximum Gasteiger partial charge on any atom is 0.226 e. The number of hydrogen-bond donors (Lipinski definition) is 0. The van der Waals surface area contributed by atoms with Crippen LogP contribution in [-0.4, -0.2) is 21.4 Å². The van der Waals surface area contributed by atoms with Crippen molar-refractivity contribution in [1.82, 2.24) is 4.90 Å². The summed E-state index contributed by atoms with van der Waals surface area (Å²) < 4.78 is 0.380. The zero-order valence-corrected chi connectivity index (χ0v) is 8.74. The Labute approximate surface area is 80.5 Å². The Balaban J connectivity index is 2.07. The molecule has 1 saturated carbocycles. The zero-order valence-electron chi connectivity index (χ0n) is 6.59. The Morgan fingerprint density at radius 1 is 1.64 bits per heavy atom. The van der Waals surface area contributed by atoms with Gasteiger partial charge in [-0.1, -0.05) is 22.6 Å². The number of hydrogen-bond acceptors (Lipinski definition) is 1. The lowest BCUT2D eigenvalue weighted by atomic mass is 9.70. The van der Waals surface area contributed by atoms with Gasteiger partial charge in [-0.25, -0.2) is 0 Å². The van der Waals surface area contributed by atoms with E-state index >= 15 is 0 Å². The summed E-state index contributed by atoms with van der Waals surface area (Å²) in [6.07, 6.45) is 2.33. The lowest BCUT2D eigenvalue weighted by Crippen LogP contribution is -2.54. The Kier molecular flexibility index (Phi) is 1.85. The first-order valence-corrected chi connectivity index (χ1v) is 5.37. The first-order valence-electron chi connectivity index (χ1n) is 4.13. The van der Waals surface area contributed by atoms with E-state index in [1.807, 2.05) is 4.90 Å². The third-order valence-corrected chi connectivity index (χ3v) is 3.42. The second kappa shape index (κ2) is 2.61. The van der Waals surface area contributed by atoms with Crippen LogP contribution in [0.15, 0.2) is 0 Å². The molecule has 3 heteroatoms. The minimum atomic E-state index is 0.380. The molecule has 1 unspecified atom stereocenters. The van der Waals surface area contributed by atoms with Gasteiger partial charge in [0.1, 0.15) is 0 Å². The largest absolute Gasteiger partial charge is 0.331 e. The summed E-state index contributed by atoms with van der Waals surface area (Å²) in [4.78, 5) is 13.5. The van der Waals surface area contributed by atoms with E-state index in [1.54, 1.807) is 0 Å². The second-order valence-electron chi connectivity index (χ2n) is 3.60. The third-order valence-electron chi connectivity index (χ3n) is 2.75. The van der Waals surface area contributed by atoms with Crippen molar-refractivity contribution in [2.24, 2.45) is 11.8 Å². The van der Waals surface area contributed by atoms with Crippen molar-refractivity contribution in [3.05, 3.63) is 0 Å². The average molecular weight is 265 g/mol. The van der Waals surface area contributed by atoms with Crippen molar-refractivity contribution < 1.29 is 4.79 Å². The van der Waals surface area contributed by atoms with Gasteiger partial charge in [-0.2, -0.15) is 0 Å². The number of amides is 1. The minimum Gasteiger partial charge on any atom is -0.331 e. The summed E-state index contributed by atoms with van der Waals surface area (Å²) in [6, 6.07) is 0. The highest BCUT2D eigenvalue weighted by atomic mass is 127. The van der Waals surface area contributed by atoms with Crippen LogP contribution in [-0.2, 0) is 4.79 Å². The Bertz CT molecular complexity index is 187. The van der Waals surface area contributed by atoms with Crippen molar-refractivity contribution in [1.29, 1.82) is 0 Å². The van der Waals surface area contributed by atoms with E-state index in [-0.39, 0.29) is 0 Å². The molecule has 2 bridgehead atoms. The van der Waals surface area contributed by atoms with Crippen molar-refractivity contribution in [3.63, 3.8) is 0 Å². The number of fused-ring (bicyclic) bond motifs is 2. The number of piperidine rings is 2. The fourth-order valence-corrected chi connectivity index (χ4v) is 2.51. The zero-order chi connectivity index (χ0) is 8.01. The van der Waals surface area contributed by atoms with Gasteiger partial charge in [0, 0.05) is 12.5 Å². The number of nitrogens with zero attached hydrogens (tertiary/aromatic N) is 1. The van der Waals surface area contributed by atoms with E-state index in [0.29, 0.717) is 15.9 Å². The molecule has 0 aromatic heterocycles. The first kappa shape index (κ1) is 7.83. The molecule has 2 aliphatic heterocycles. The monoisotopic (exact) mass is 265 g/mol. The molecule has 11 heavy (non-hydrogen) atoms. The smallest absolute Gasteiger partial charge is 0.226 e. The molecular formula is C8H12INO. The average Bonchev–Trinajstić information content (AvgIpc) is 1.84. The van der Waals surface area contributed by atoms with E-state index < -0.39 is 0 Å². The number of rotatable bonds is 1. The van der Waals surface area contributed by atoms with E-state index in [2.05, 4.69) is 29.5 Å². The minimum absolute atomic E-state index is 0.380.